The zero-order valence-corrected chi connectivity index (χ0v) is 12.2. The maximum atomic E-state index is 12.3. The minimum atomic E-state index is -0.462. The first-order valence-electron chi connectivity index (χ1n) is 6.05. The van der Waals surface area contributed by atoms with Crippen molar-refractivity contribution >= 4 is 23.5 Å². The van der Waals surface area contributed by atoms with Crippen molar-refractivity contribution in [3.63, 3.8) is 0 Å². The summed E-state index contributed by atoms with van der Waals surface area (Å²) in [6, 6.07) is 1.77. The highest BCUT2D eigenvalue weighted by Crippen LogP contribution is 2.19. The average Bonchev–Trinajstić information content (AvgIpc) is 2.85. The standard InChI is InChI=1S/C12H15N5O2S/c1-4-7-5-8(17-16-7)14-10(18)9-6(2)13-12(19)15-11(9)20-3/h5H,4H2,1-3H3,(H,13,15,19)(H2,14,16,17,18). The van der Waals surface area contributed by atoms with Gasteiger partial charge in [0.1, 0.15) is 5.03 Å². The Morgan fingerprint density at radius 1 is 1.50 bits per heavy atom. The largest absolute Gasteiger partial charge is 0.346 e. The Kier molecular flexibility index (Phi) is 4.23. The number of amides is 1. The molecule has 8 heteroatoms. The van der Waals surface area contributed by atoms with E-state index in [0.29, 0.717) is 22.1 Å². The van der Waals surface area contributed by atoms with Gasteiger partial charge in [0, 0.05) is 17.5 Å². The van der Waals surface area contributed by atoms with Gasteiger partial charge in [-0.05, 0) is 19.6 Å². The molecule has 0 aliphatic heterocycles. The van der Waals surface area contributed by atoms with Crippen LogP contribution in [0.2, 0.25) is 0 Å². The van der Waals surface area contributed by atoms with Gasteiger partial charge in [0.15, 0.2) is 5.82 Å². The van der Waals surface area contributed by atoms with Crippen LogP contribution in [0.5, 0.6) is 0 Å². The number of aromatic nitrogens is 4. The molecule has 0 unspecified atom stereocenters. The van der Waals surface area contributed by atoms with E-state index in [-0.39, 0.29) is 5.91 Å². The third-order valence-corrected chi connectivity index (χ3v) is 3.44. The lowest BCUT2D eigenvalue weighted by Gasteiger charge is -2.08. The highest BCUT2D eigenvalue weighted by molar-refractivity contribution is 7.98. The number of aromatic amines is 2. The average molecular weight is 293 g/mol. The predicted octanol–water partition coefficient (Wildman–Crippen LogP) is 1.34. The number of H-pyrrole nitrogens is 2. The lowest BCUT2D eigenvalue weighted by Crippen LogP contribution is -2.22. The molecule has 1 amide bonds. The van der Waals surface area contributed by atoms with Crippen molar-refractivity contribution in [2.45, 2.75) is 25.3 Å². The Morgan fingerprint density at radius 3 is 2.85 bits per heavy atom. The Hall–Kier alpha value is -2.09. The van der Waals surface area contributed by atoms with E-state index in [9.17, 15) is 9.59 Å². The molecule has 106 valence electrons. The van der Waals surface area contributed by atoms with Crippen LogP contribution < -0.4 is 11.0 Å². The molecule has 0 fully saturated rings. The summed E-state index contributed by atoms with van der Waals surface area (Å²) in [5.74, 6) is 0.106. The maximum absolute atomic E-state index is 12.3. The Bertz CT molecular complexity index is 691. The van der Waals surface area contributed by atoms with Gasteiger partial charge in [-0.1, -0.05) is 6.92 Å². The van der Waals surface area contributed by atoms with E-state index in [4.69, 9.17) is 0 Å². The highest BCUT2D eigenvalue weighted by atomic mass is 32.2. The van der Waals surface area contributed by atoms with E-state index in [1.165, 1.54) is 11.8 Å². The van der Waals surface area contributed by atoms with Crippen molar-refractivity contribution in [3.05, 3.63) is 33.5 Å². The van der Waals surface area contributed by atoms with Gasteiger partial charge in [-0.3, -0.25) is 9.89 Å². The number of carbonyl (C=O) groups is 1. The Balaban J connectivity index is 2.31. The fraction of sp³-hybridized carbons (Fsp3) is 0.333. The number of thioether (sulfide) groups is 1. The smallest absolute Gasteiger partial charge is 0.309 e. The van der Waals surface area contributed by atoms with Crippen molar-refractivity contribution in [1.29, 1.82) is 0 Å². The Labute approximate surface area is 119 Å². The first-order chi connectivity index (χ1) is 9.55. The molecule has 20 heavy (non-hydrogen) atoms. The van der Waals surface area contributed by atoms with Crippen molar-refractivity contribution in [3.8, 4) is 0 Å². The number of aryl methyl sites for hydroxylation is 2. The van der Waals surface area contributed by atoms with Crippen molar-refractivity contribution in [2.75, 3.05) is 11.6 Å². The molecular weight excluding hydrogens is 278 g/mol. The Morgan fingerprint density at radius 2 is 2.25 bits per heavy atom. The number of nitrogens with one attached hydrogen (secondary N) is 3. The SMILES string of the molecule is CCc1cc(NC(=O)c2c(SC)nc(=O)[nH]c2C)n[nH]1. The fourth-order valence-electron chi connectivity index (χ4n) is 1.76. The summed E-state index contributed by atoms with van der Waals surface area (Å²) in [4.78, 5) is 29.9. The van der Waals surface area contributed by atoms with Crippen LogP contribution in [0.15, 0.2) is 15.9 Å². The van der Waals surface area contributed by atoms with Crippen molar-refractivity contribution in [2.24, 2.45) is 0 Å². The number of hydrogen-bond acceptors (Lipinski definition) is 5. The van der Waals surface area contributed by atoms with Crippen molar-refractivity contribution in [1.82, 2.24) is 20.2 Å². The molecule has 0 saturated heterocycles. The molecule has 0 spiro atoms. The molecule has 7 nitrogen and oxygen atoms in total. The van der Waals surface area contributed by atoms with Gasteiger partial charge >= 0.3 is 5.69 Å². The van der Waals surface area contributed by atoms with Crippen LogP contribution in [0, 0.1) is 6.92 Å². The number of hydrogen-bond donors (Lipinski definition) is 3. The second-order valence-corrected chi connectivity index (χ2v) is 4.93. The van der Waals surface area contributed by atoms with Gasteiger partial charge in [0.2, 0.25) is 0 Å². The van der Waals surface area contributed by atoms with Gasteiger partial charge < -0.3 is 10.3 Å². The monoisotopic (exact) mass is 293 g/mol. The van der Waals surface area contributed by atoms with Crippen LogP contribution in [0.3, 0.4) is 0 Å². The fourth-order valence-corrected chi connectivity index (χ4v) is 2.38. The lowest BCUT2D eigenvalue weighted by atomic mass is 10.2. The molecule has 0 radical (unpaired) electrons. The van der Waals surface area contributed by atoms with E-state index in [1.807, 2.05) is 6.92 Å². The molecule has 0 aliphatic rings. The van der Waals surface area contributed by atoms with Crippen molar-refractivity contribution < 1.29 is 4.79 Å². The maximum Gasteiger partial charge on any atom is 0.346 e. The van der Waals surface area contributed by atoms with Crippen LogP contribution in [0.25, 0.3) is 0 Å². The molecule has 3 N–H and O–H groups in total. The van der Waals surface area contributed by atoms with Crippen LogP contribution >= 0.6 is 11.8 Å². The summed E-state index contributed by atoms with van der Waals surface area (Å²) in [5.41, 5.74) is 1.31. The van der Waals surface area contributed by atoms with E-state index in [1.54, 1.807) is 19.2 Å². The van der Waals surface area contributed by atoms with Gasteiger partial charge in [-0.25, -0.2) is 4.79 Å². The summed E-state index contributed by atoms with van der Waals surface area (Å²) >= 11 is 1.25. The zero-order valence-electron chi connectivity index (χ0n) is 11.4. The number of nitrogens with zero attached hydrogens (tertiary/aromatic N) is 2. The summed E-state index contributed by atoms with van der Waals surface area (Å²) in [6.07, 6.45) is 2.57. The number of carbonyl (C=O) groups excluding carboxylic acids is 1. The molecule has 2 heterocycles. The van der Waals surface area contributed by atoms with Crippen LogP contribution in [0.4, 0.5) is 5.82 Å². The minimum Gasteiger partial charge on any atom is -0.309 e. The molecule has 2 rings (SSSR count). The predicted molar refractivity (Wildman–Crippen MR) is 77.3 cm³/mol. The molecule has 0 saturated carbocycles. The van der Waals surface area contributed by atoms with Crippen LogP contribution in [0.1, 0.15) is 28.7 Å². The van der Waals surface area contributed by atoms with Crippen LogP contribution in [-0.4, -0.2) is 32.3 Å². The molecule has 2 aromatic rings. The number of rotatable bonds is 4. The lowest BCUT2D eigenvalue weighted by molar-refractivity contribution is 0.102. The summed E-state index contributed by atoms with van der Waals surface area (Å²) < 4.78 is 0. The molecule has 2 aromatic heterocycles. The van der Waals surface area contributed by atoms with Gasteiger partial charge in [-0.2, -0.15) is 10.1 Å². The zero-order chi connectivity index (χ0) is 14.7. The summed E-state index contributed by atoms with van der Waals surface area (Å²) in [6.45, 7) is 3.65. The molecule has 0 aromatic carbocycles. The second kappa shape index (κ2) is 5.91. The van der Waals surface area contributed by atoms with Gasteiger partial charge in [-0.15, -0.1) is 11.8 Å². The first kappa shape index (κ1) is 14.3. The summed E-state index contributed by atoms with van der Waals surface area (Å²) in [5, 5.41) is 9.91. The first-order valence-corrected chi connectivity index (χ1v) is 7.28. The van der Waals surface area contributed by atoms with E-state index >= 15 is 0 Å². The molecular formula is C12H15N5O2S. The number of anilines is 1. The van der Waals surface area contributed by atoms with E-state index < -0.39 is 5.69 Å². The second-order valence-electron chi connectivity index (χ2n) is 4.14. The third kappa shape index (κ3) is 2.90. The normalized spacial score (nSPS) is 10.6. The van der Waals surface area contributed by atoms with Crippen LogP contribution in [-0.2, 0) is 6.42 Å². The topological polar surface area (TPSA) is 104 Å². The third-order valence-electron chi connectivity index (χ3n) is 2.76. The summed E-state index contributed by atoms with van der Waals surface area (Å²) in [7, 11) is 0. The quantitative estimate of drug-likeness (QED) is 0.583. The molecule has 0 atom stereocenters. The van der Waals surface area contributed by atoms with Gasteiger partial charge in [0.25, 0.3) is 5.91 Å². The minimum absolute atomic E-state index is 0.343. The molecule has 0 aliphatic carbocycles. The highest BCUT2D eigenvalue weighted by Gasteiger charge is 2.18. The van der Waals surface area contributed by atoms with E-state index in [0.717, 1.165) is 12.1 Å². The van der Waals surface area contributed by atoms with E-state index in [2.05, 4.69) is 25.5 Å². The molecule has 0 bridgehead atoms. The van der Waals surface area contributed by atoms with Gasteiger partial charge in [0.05, 0.1) is 5.56 Å².